The van der Waals surface area contributed by atoms with E-state index < -0.39 is 5.91 Å². The molecule has 0 saturated carbocycles. The normalized spacial score (nSPS) is 20.0. The molecule has 0 fully saturated rings. The molecule has 2 N–H and O–H groups in total. The van der Waals surface area contributed by atoms with Crippen LogP contribution in [0.1, 0.15) is 65.9 Å². The third-order valence-electron chi connectivity index (χ3n) is 5.93. The van der Waals surface area contributed by atoms with Crippen LogP contribution in [0.5, 0.6) is 5.75 Å². The van der Waals surface area contributed by atoms with E-state index in [1.54, 1.807) is 0 Å². The summed E-state index contributed by atoms with van der Waals surface area (Å²) >= 11 is 0. The van der Waals surface area contributed by atoms with Gasteiger partial charge in [-0.15, -0.1) is 0 Å². The average Bonchev–Trinajstić information content (AvgIpc) is 2.68. The zero-order valence-electron chi connectivity index (χ0n) is 19.9. The lowest BCUT2D eigenvalue weighted by Gasteiger charge is -2.38. The van der Waals surface area contributed by atoms with Crippen LogP contribution in [0.4, 0.5) is 0 Å². The number of carbonyl (C=O) groups excluding carboxylic acids is 1. The molecule has 3 heteroatoms. The summed E-state index contributed by atoms with van der Waals surface area (Å²) in [6.45, 7) is 13.6. The predicted octanol–water partition coefficient (Wildman–Crippen LogP) is 6.80. The van der Waals surface area contributed by atoms with Gasteiger partial charge in [-0.2, -0.15) is 0 Å². The van der Waals surface area contributed by atoms with E-state index in [-0.39, 0.29) is 5.41 Å². The number of nitrogens with two attached hydrogens (primary N) is 1. The molecule has 0 aliphatic heterocycles. The Labute approximate surface area is 188 Å². The van der Waals surface area contributed by atoms with Crippen LogP contribution in [0.3, 0.4) is 0 Å². The van der Waals surface area contributed by atoms with Crippen molar-refractivity contribution < 1.29 is 9.53 Å². The standard InChI is InChI=1S/C28H37NO2/c1-7-31-26-14-9-8-13-24(26)23-17-18-28(5,6)25(22(23)4)16-15-20(2)11-10-12-21(3)19-27(29)30/h8-16,19,23H,7,17-18H2,1-6H3,(H2,29,30)/b12-10+,16-15+,20-11+,21-19+. The van der Waals surface area contributed by atoms with Gasteiger partial charge in [0.2, 0.25) is 5.91 Å². The van der Waals surface area contributed by atoms with E-state index in [2.05, 4.69) is 58.0 Å². The number of para-hydroxylation sites is 1. The van der Waals surface area contributed by atoms with Crippen molar-refractivity contribution in [1.82, 2.24) is 0 Å². The first-order chi connectivity index (χ1) is 14.7. The highest BCUT2D eigenvalue weighted by atomic mass is 16.5. The fraction of sp³-hybridized carbons (Fsp3) is 0.393. The summed E-state index contributed by atoms with van der Waals surface area (Å²) in [5.41, 5.74) is 11.4. The highest BCUT2D eigenvalue weighted by molar-refractivity contribution is 5.86. The van der Waals surface area contributed by atoms with E-state index in [9.17, 15) is 4.79 Å². The Hall–Kier alpha value is -2.81. The SMILES string of the molecule is CCOc1ccccc1C1CCC(C)(C)C(/C=C/C(C)=C/C=C/C(C)=C/C(N)=O)=C1C. The molecule has 0 spiro atoms. The number of allylic oxidation sites excluding steroid dienone is 9. The first-order valence-corrected chi connectivity index (χ1v) is 11.1. The Kier molecular flexibility index (Phi) is 8.67. The van der Waals surface area contributed by atoms with E-state index in [1.807, 2.05) is 38.1 Å². The molecule has 0 heterocycles. The smallest absolute Gasteiger partial charge is 0.241 e. The van der Waals surface area contributed by atoms with Crippen molar-refractivity contribution in [1.29, 1.82) is 0 Å². The molecule has 2 rings (SSSR count). The van der Waals surface area contributed by atoms with Crippen molar-refractivity contribution in [3.63, 3.8) is 0 Å². The van der Waals surface area contributed by atoms with E-state index in [0.29, 0.717) is 12.5 Å². The summed E-state index contributed by atoms with van der Waals surface area (Å²) in [4.78, 5) is 10.9. The third kappa shape index (κ3) is 6.85. The Morgan fingerprint density at radius 2 is 1.90 bits per heavy atom. The molecule has 0 bridgehead atoms. The quantitative estimate of drug-likeness (QED) is 0.372. The van der Waals surface area contributed by atoms with Gasteiger partial charge in [-0.05, 0) is 63.2 Å². The van der Waals surface area contributed by atoms with Crippen molar-refractivity contribution in [2.24, 2.45) is 11.1 Å². The summed E-state index contributed by atoms with van der Waals surface area (Å²) in [5, 5.41) is 0. The molecule has 0 aromatic heterocycles. The molecule has 1 atom stereocenters. The lowest BCUT2D eigenvalue weighted by atomic mass is 9.67. The number of hydrogen-bond acceptors (Lipinski definition) is 2. The zero-order chi connectivity index (χ0) is 23.0. The predicted molar refractivity (Wildman–Crippen MR) is 131 cm³/mol. The number of carbonyl (C=O) groups is 1. The van der Waals surface area contributed by atoms with Gasteiger partial charge < -0.3 is 10.5 Å². The van der Waals surface area contributed by atoms with Gasteiger partial charge in [0.05, 0.1) is 6.61 Å². The zero-order valence-corrected chi connectivity index (χ0v) is 19.9. The first kappa shape index (κ1) is 24.5. The summed E-state index contributed by atoms with van der Waals surface area (Å²) < 4.78 is 5.92. The van der Waals surface area contributed by atoms with Crippen LogP contribution in [0.2, 0.25) is 0 Å². The summed E-state index contributed by atoms with van der Waals surface area (Å²) in [7, 11) is 0. The Bertz CT molecular complexity index is 942. The van der Waals surface area contributed by atoms with Gasteiger partial charge in [0.15, 0.2) is 0 Å². The summed E-state index contributed by atoms with van der Waals surface area (Å²) in [6.07, 6.45) is 14.0. The van der Waals surface area contributed by atoms with Crippen LogP contribution < -0.4 is 10.5 Å². The average molecular weight is 420 g/mol. The topological polar surface area (TPSA) is 52.3 Å². The fourth-order valence-corrected chi connectivity index (χ4v) is 4.27. The maximum atomic E-state index is 10.9. The van der Waals surface area contributed by atoms with Crippen LogP contribution in [0, 0.1) is 5.41 Å². The molecule has 1 aromatic carbocycles. The maximum Gasteiger partial charge on any atom is 0.241 e. The largest absolute Gasteiger partial charge is 0.494 e. The van der Waals surface area contributed by atoms with Crippen LogP contribution in [-0.4, -0.2) is 12.5 Å². The third-order valence-corrected chi connectivity index (χ3v) is 5.93. The van der Waals surface area contributed by atoms with Gasteiger partial charge in [-0.3, -0.25) is 4.79 Å². The van der Waals surface area contributed by atoms with Crippen molar-refractivity contribution in [2.45, 2.75) is 60.3 Å². The van der Waals surface area contributed by atoms with E-state index >= 15 is 0 Å². The number of benzene rings is 1. The van der Waals surface area contributed by atoms with Crippen LogP contribution >= 0.6 is 0 Å². The number of amides is 1. The second-order valence-electron chi connectivity index (χ2n) is 8.94. The number of hydrogen-bond donors (Lipinski definition) is 1. The first-order valence-electron chi connectivity index (χ1n) is 11.1. The van der Waals surface area contributed by atoms with Crippen molar-refractivity contribution in [3.05, 3.63) is 88.6 Å². The lowest BCUT2D eigenvalue weighted by molar-refractivity contribution is -0.113. The van der Waals surface area contributed by atoms with Gasteiger partial charge in [0.25, 0.3) is 0 Å². The number of rotatable bonds is 8. The second kappa shape index (κ2) is 11.0. The van der Waals surface area contributed by atoms with Crippen LogP contribution in [0.15, 0.2) is 83.0 Å². The van der Waals surface area contributed by atoms with E-state index in [1.165, 1.54) is 22.8 Å². The minimum Gasteiger partial charge on any atom is -0.494 e. The minimum absolute atomic E-state index is 0.134. The summed E-state index contributed by atoms with van der Waals surface area (Å²) in [6, 6.07) is 8.43. The highest BCUT2D eigenvalue weighted by Crippen LogP contribution is 2.48. The molecule has 0 radical (unpaired) electrons. The van der Waals surface area contributed by atoms with Gasteiger partial charge in [0, 0.05) is 17.6 Å². The molecule has 166 valence electrons. The fourth-order valence-electron chi connectivity index (χ4n) is 4.27. The van der Waals surface area contributed by atoms with Crippen molar-refractivity contribution in [2.75, 3.05) is 6.61 Å². The highest BCUT2D eigenvalue weighted by Gasteiger charge is 2.33. The molecule has 1 amide bonds. The molecule has 1 aliphatic carbocycles. The number of ether oxygens (including phenoxy) is 1. The minimum atomic E-state index is -0.426. The second-order valence-corrected chi connectivity index (χ2v) is 8.94. The summed E-state index contributed by atoms with van der Waals surface area (Å²) in [5.74, 6) is 0.948. The molecule has 1 aromatic rings. The van der Waals surface area contributed by atoms with Gasteiger partial charge in [-0.1, -0.05) is 73.6 Å². The molecular formula is C28H37NO2. The Morgan fingerprint density at radius 3 is 2.58 bits per heavy atom. The Balaban J connectivity index is 2.32. The van der Waals surface area contributed by atoms with Gasteiger partial charge in [-0.25, -0.2) is 0 Å². The molecule has 0 saturated heterocycles. The van der Waals surface area contributed by atoms with Gasteiger partial charge in [0.1, 0.15) is 5.75 Å². The monoisotopic (exact) mass is 419 g/mol. The number of primary amides is 1. The van der Waals surface area contributed by atoms with E-state index in [4.69, 9.17) is 10.5 Å². The molecule has 1 unspecified atom stereocenters. The van der Waals surface area contributed by atoms with Crippen LogP contribution in [0.25, 0.3) is 0 Å². The van der Waals surface area contributed by atoms with Crippen molar-refractivity contribution in [3.8, 4) is 5.75 Å². The Morgan fingerprint density at radius 1 is 1.19 bits per heavy atom. The molecule has 3 nitrogen and oxygen atoms in total. The lowest BCUT2D eigenvalue weighted by Crippen LogP contribution is -2.24. The van der Waals surface area contributed by atoms with E-state index in [0.717, 1.165) is 29.7 Å². The van der Waals surface area contributed by atoms with Crippen molar-refractivity contribution >= 4 is 5.91 Å². The van der Waals surface area contributed by atoms with Gasteiger partial charge >= 0.3 is 0 Å². The molecule has 31 heavy (non-hydrogen) atoms. The maximum absolute atomic E-state index is 10.9. The van der Waals surface area contributed by atoms with Crippen LogP contribution in [-0.2, 0) is 4.79 Å². The molecular weight excluding hydrogens is 382 g/mol. The molecule has 1 aliphatic rings.